The monoisotopic (exact) mass is 465 g/mol. The van der Waals surface area contributed by atoms with Crippen LogP contribution in [0.25, 0.3) is 0 Å². The van der Waals surface area contributed by atoms with E-state index in [1.807, 2.05) is 6.07 Å². The first kappa shape index (κ1) is 24.8. The minimum absolute atomic E-state index is 0. The van der Waals surface area contributed by atoms with E-state index < -0.39 is 0 Å². The number of Topliss-reactive ketones (excluding diaryl/α,β-unsaturated/α-hetero) is 1. The highest BCUT2D eigenvalue weighted by molar-refractivity contribution is 6.30. The summed E-state index contributed by atoms with van der Waals surface area (Å²) in [5.41, 5.74) is 3.05. The minimum atomic E-state index is -0.0322. The van der Waals surface area contributed by atoms with Gasteiger partial charge in [-0.25, -0.2) is 0 Å². The molecular weight excluding hydrogens is 441 g/mol. The summed E-state index contributed by atoms with van der Waals surface area (Å²) < 4.78 is 0. The van der Waals surface area contributed by atoms with Crippen LogP contribution >= 0.6 is 24.0 Å². The Bertz CT molecular complexity index is 975. The molecule has 2 heterocycles. The molecule has 166 valence electrons. The fraction of sp³-hybridized carbons (Fsp3) is 0.318. The number of halogens is 2. The highest BCUT2D eigenvalue weighted by Crippen LogP contribution is 2.24. The summed E-state index contributed by atoms with van der Waals surface area (Å²) in [5.74, 6) is 0.0382. The molecule has 0 spiro atoms. The van der Waals surface area contributed by atoms with E-state index in [0.29, 0.717) is 61.7 Å². The summed E-state index contributed by atoms with van der Waals surface area (Å²) in [4.78, 5) is 40.7. The molecular formula is C22H25Cl2N3O4. The summed E-state index contributed by atoms with van der Waals surface area (Å²) in [6, 6.07) is 12.4. The summed E-state index contributed by atoms with van der Waals surface area (Å²) >= 11 is 5.98. The first-order valence-corrected chi connectivity index (χ1v) is 10.1. The van der Waals surface area contributed by atoms with Gasteiger partial charge in [-0.3, -0.25) is 19.3 Å². The molecule has 3 N–H and O–H groups in total. The number of ketones is 1. The van der Waals surface area contributed by atoms with Crippen LogP contribution in [0.2, 0.25) is 5.02 Å². The van der Waals surface area contributed by atoms with E-state index in [4.69, 9.17) is 11.6 Å². The second-order valence-electron chi connectivity index (χ2n) is 7.42. The number of carbonyl (C=O) groups is 3. The number of nitrogens with one attached hydrogen (secondary N) is 1. The van der Waals surface area contributed by atoms with E-state index >= 15 is 0 Å². The number of hydrogen-bond donors (Lipinski definition) is 1. The van der Waals surface area contributed by atoms with Crippen molar-refractivity contribution in [1.29, 1.82) is 0 Å². The van der Waals surface area contributed by atoms with Crippen LogP contribution in [0.4, 0.5) is 5.69 Å². The predicted octanol–water partition coefficient (Wildman–Crippen LogP) is 2.46. The van der Waals surface area contributed by atoms with Crippen molar-refractivity contribution in [2.75, 3.05) is 38.0 Å². The average molecular weight is 466 g/mol. The number of hydrogen-bond acceptors (Lipinski definition) is 4. The second-order valence-corrected chi connectivity index (χ2v) is 7.86. The van der Waals surface area contributed by atoms with E-state index in [0.717, 1.165) is 11.3 Å². The molecule has 2 aliphatic heterocycles. The van der Waals surface area contributed by atoms with Gasteiger partial charge >= 0.3 is 0 Å². The van der Waals surface area contributed by atoms with Gasteiger partial charge in [-0.15, -0.1) is 12.4 Å². The molecule has 7 nitrogen and oxygen atoms in total. The largest absolute Gasteiger partial charge is 0.412 e. The van der Waals surface area contributed by atoms with Crippen molar-refractivity contribution in [3.05, 3.63) is 64.2 Å². The zero-order valence-corrected chi connectivity index (χ0v) is 18.5. The van der Waals surface area contributed by atoms with Gasteiger partial charge in [0.15, 0.2) is 5.78 Å². The molecule has 9 heteroatoms. The molecule has 4 rings (SSSR count). The molecule has 31 heavy (non-hydrogen) atoms. The van der Waals surface area contributed by atoms with Crippen molar-refractivity contribution < 1.29 is 19.9 Å². The first-order chi connectivity index (χ1) is 14.0. The molecule has 0 aliphatic carbocycles. The molecule has 0 radical (unpaired) electrons. The quantitative estimate of drug-likeness (QED) is 0.700. The maximum atomic E-state index is 12.7. The van der Waals surface area contributed by atoms with Gasteiger partial charge in [0.1, 0.15) is 0 Å². The van der Waals surface area contributed by atoms with E-state index in [9.17, 15) is 14.4 Å². The third-order valence-corrected chi connectivity index (χ3v) is 5.66. The van der Waals surface area contributed by atoms with Crippen LogP contribution in [0.15, 0.2) is 42.5 Å². The Balaban J connectivity index is 0.00000171. The van der Waals surface area contributed by atoms with Crippen molar-refractivity contribution in [2.24, 2.45) is 0 Å². The number of carbonyl (C=O) groups excluding carboxylic acids is 3. The lowest BCUT2D eigenvalue weighted by atomic mass is 9.98. The van der Waals surface area contributed by atoms with Gasteiger partial charge in [0, 0.05) is 54.4 Å². The summed E-state index contributed by atoms with van der Waals surface area (Å²) in [5, 5.41) is 3.38. The van der Waals surface area contributed by atoms with Crippen LogP contribution < -0.4 is 5.32 Å². The van der Waals surface area contributed by atoms with Crippen molar-refractivity contribution in [3.63, 3.8) is 0 Å². The van der Waals surface area contributed by atoms with Gasteiger partial charge in [0.25, 0.3) is 5.91 Å². The highest BCUT2D eigenvalue weighted by Gasteiger charge is 2.24. The zero-order valence-electron chi connectivity index (χ0n) is 16.9. The SMILES string of the molecule is Cl.O.O=C1CCc2cc(C(=O)CN3CCN(C(=O)c4cccc(Cl)c4)CC3)ccc2N1. The van der Waals surface area contributed by atoms with Gasteiger partial charge in [0.05, 0.1) is 6.54 Å². The van der Waals surface area contributed by atoms with Crippen LogP contribution in [-0.2, 0) is 11.2 Å². The molecule has 2 aliphatic rings. The van der Waals surface area contributed by atoms with Gasteiger partial charge in [-0.05, 0) is 48.4 Å². The molecule has 2 aromatic carbocycles. The molecule has 0 bridgehead atoms. The van der Waals surface area contributed by atoms with Gasteiger partial charge in [-0.2, -0.15) is 0 Å². The number of anilines is 1. The maximum absolute atomic E-state index is 12.7. The van der Waals surface area contributed by atoms with E-state index in [1.165, 1.54) is 0 Å². The Morgan fingerprint density at radius 3 is 2.42 bits per heavy atom. The Morgan fingerprint density at radius 1 is 0.968 bits per heavy atom. The Hall–Kier alpha value is -2.45. The van der Waals surface area contributed by atoms with Crippen LogP contribution in [0, 0.1) is 0 Å². The minimum Gasteiger partial charge on any atom is -0.412 e. The second kappa shape index (κ2) is 10.7. The van der Waals surface area contributed by atoms with Crippen LogP contribution in [0.5, 0.6) is 0 Å². The fourth-order valence-corrected chi connectivity index (χ4v) is 3.95. The predicted molar refractivity (Wildman–Crippen MR) is 122 cm³/mol. The molecule has 2 aromatic rings. The van der Waals surface area contributed by atoms with Gasteiger partial charge < -0.3 is 15.7 Å². The lowest BCUT2D eigenvalue weighted by Crippen LogP contribution is -2.49. The van der Waals surface area contributed by atoms with Crippen molar-refractivity contribution in [1.82, 2.24) is 9.80 Å². The lowest BCUT2D eigenvalue weighted by Gasteiger charge is -2.34. The number of amides is 2. The Kier molecular flexibility index (Phi) is 8.59. The maximum Gasteiger partial charge on any atom is 0.253 e. The van der Waals surface area contributed by atoms with Gasteiger partial charge in [-0.1, -0.05) is 17.7 Å². The molecule has 0 atom stereocenters. The zero-order chi connectivity index (χ0) is 20.4. The van der Waals surface area contributed by atoms with Crippen molar-refractivity contribution in [2.45, 2.75) is 12.8 Å². The van der Waals surface area contributed by atoms with Crippen LogP contribution in [0.1, 0.15) is 32.7 Å². The Labute approximate surface area is 192 Å². The number of benzene rings is 2. The Morgan fingerprint density at radius 2 is 1.71 bits per heavy atom. The number of rotatable bonds is 4. The molecule has 0 unspecified atom stereocenters. The fourth-order valence-electron chi connectivity index (χ4n) is 3.76. The van der Waals surface area contributed by atoms with E-state index in [2.05, 4.69) is 10.2 Å². The number of nitrogens with zero attached hydrogens (tertiary/aromatic N) is 2. The lowest BCUT2D eigenvalue weighted by molar-refractivity contribution is -0.116. The standard InChI is InChI=1S/C22H22ClN3O3.ClH.H2O/c23-18-3-1-2-17(13-18)22(29)26-10-8-25(9-11-26)14-20(27)16-4-6-19-15(12-16)5-7-21(28)24-19;;/h1-4,6,12-13H,5,7-11,14H2,(H,24,28);1H;1H2. The van der Waals surface area contributed by atoms with E-state index in [1.54, 1.807) is 41.3 Å². The smallest absolute Gasteiger partial charge is 0.253 e. The molecule has 2 amide bonds. The van der Waals surface area contributed by atoms with Crippen LogP contribution in [-0.4, -0.2) is 65.6 Å². The topological polar surface area (TPSA) is 101 Å². The molecule has 1 saturated heterocycles. The van der Waals surface area contributed by atoms with Crippen LogP contribution in [0.3, 0.4) is 0 Å². The molecule has 1 fully saturated rings. The highest BCUT2D eigenvalue weighted by atomic mass is 35.5. The van der Waals surface area contributed by atoms with Gasteiger partial charge in [0.2, 0.25) is 5.91 Å². The third kappa shape index (κ3) is 5.83. The first-order valence-electron chi connectivity index (χ1n) is 9.73. The summed E-state index contributed by atoms with van der Waals surface area (Å²) in [6.07, 6.45) is 1.11. The summed E-state index contributed by atoms with van der Waals surface area (Å²) in [7, 11) is 0. The number of fused-ring (bicyclic) bond motifs is 1. The summed E-state index contributed by atoms with van der Waals surface area (Å²) in [6.45, 7) is 2.78. The normalized spacial score (nSPS) is 15.8. The van der Waals surface area contributed by atoms with Crippen molar-refractivity contribution >= 4 is 47.3 Å². The van der Waals surface area contributed by atoms with E-state index in [-0.39, 0.29) is 35.5 Å². The molecule has 0 saturated carbocycles. The van der Waals surface area contributed by atoms with Crippen molar-refractivity contribution in [3.8, 4) is 0 Å². The number of aryl methyl sites for hydroxylation is 1. The molecule has 0 aromatic heterocycles. The number of piperazine rings is 1. The average Bonchev–Trinajstić information content (AvgIpc) is 2.73. The third-order valence-electron chi connectivity index (χ3n) is 5.42.